The molecule has 98 valence electrons. The summed E-state index contributed by atoms with van der Waals surface area (Å²) in [5.41, 5.74) is 1.33. The highest BCUT2D eigenvalue weighted by molar-refractivity contribution is 5.45. The number of nitrogens with two attached hydrogens (primary N) is 1. The van der Waals surface area contributed by atoms with Gasteiger partial charge in [-0.3, -0.25) is 4.90 Å². The van der Waals surface area contributed by atoms with Gasteiger partial charge in [0, 0.05) is 6.07 Å². The van der Waals surface area contributed by atoms with E-state index in [1.165, 1.54) is 31.9 Å². The van der Waals surface area contributed by atoms with Crippen molar-refractivity contribution in [3.63, 3.8) is 0 Å². The number of para-hydroxylation sites is 2. The number of ether oxygens (including phenoxy) is 1. The average molecular weight is 279 g/mol. The van der Waals surface area contributed by atoms with Crippen LogP contribution < -0.4 is 39.8 Å². The van der Waals surface area contributed by atoms with Crippen molar-refractivity contribution < 1.29 is 39.8 Å². The summed E-state index contributed by atoms with van der Waals surface area (Å²) < 4.78 is 5.66. The van der Waals surface area contributed by atoms with E-state index in [1.807, 2.05) is 13.0 Å². The van der Waals surface area contributed by atoms with Crippen molar-refractivity contribution in [1.29, 1.82) is 0 Å². The number of piperazine rings is 1. The number of quaternary nitrogens is 2. The topological polar surface area (TPSA) is 30.3 Å². The predicted octanol–water partition coefficient (Wildman–Crippen LogP) is -6.81. The minimum Gasteiger partial charge on any atom is -1.00 e. The van der Waals surface area contributed by atoms with Gasteiger partial charge in [0.1, 0.15) is 26.2 Å². The molecule has 0 spiro atoms. The molecule has 0 aliphatic carbocycles. The SMILES string of the molecule is CCOc1ccccc1[NH+]1CC[NH2+]CC1.[Cl-].[Cl-]. The van der Waals surface area contributed by atoms with Crippen LogP contribution in [0.2, 0.25) is 0 Å². The van der Waals surface area contributed by atoms with Crippen LogP contribution in [0.3, 0.4) is 0 Å². The Morgan fingerprint density at radius 2 is 1.82 bits per heavy atom. The fourth-order valence-corrected chi connectivity index (χ4v) is 2.13. The van der Waals surface area contributed by atoms with Gasteiger partial charge in [0.15, 0.2) is 11.4 Å². The Morgan fingerprint density at radius 3 is 2.47 bits per heavy atom. The van der Waals surface area contributed by atoms with Crippen LogP contribution in [0.15, 0.2) is 24.3 Å². The second kappa shape index (κ2) is 8.59. The summed E-state index contributed by atoms with van der Waals surface area (Å²) in [4.78, 5) is 1.56. The van der Waals surface area contributed by atoms with Crippen molar-refractivity contribution >= 4 is 5.69 Å². The van der Waals surface area contributed by atoms with Crippen LogP contribution in [0.25, 0.3) is 0 Å². The van der Waals surface area contributed by atoms with Gasteiger partial charge >= 0.3 is 0 Å². The largest absolute Gasteiger partial charge is 1.00 e. The Bertz CT molecular complexity index is 317. The van der Waals surface area contributed by atoms with Gasteiger partial charge in [-0.1, -0.05) is 12.1 Å². The van der Waals surface area contributed by atoms with E-state index in [0.717, 1.165) is 12.4 Å². The van der Waals surface area contributed by atoms with Gasteiger partial charge in [-0.25, -0.2) is 0 Å². The number of benzene rings is 1. The summed E-state index contributed by atoms with van der Waals surface area (Å²) in [6.45, 7) is 7.62. The van der Waals surface area contributed by atoms with Crippen LogP contribution in [0.4, 0.5) is 5.69 Å². The van der Waals surface area contributed by atoms with Gasteiger partial charge in [0.05, 0.1) is 6.61 Å². The molecule has 0 radical (unpaired) electrons. The third-order valence-electron chi connectivity index (χ3n) is 2.87. The van der Waals surface area contributed by atoms with E-state index in [4.69, 9.17) is 4.74 Å². The molecule has 1 aliphatic rings. The van der Waals surface area contributed by atoms with Crippen LogP contribution in [0.5, 0.6) is 5.75 Å². The fraction of sp³-hybridized carbons (Fsp3) is 0.500. The summed E-state index contributed by atoms with van der Waals surface area (Å²) in [7, 11) is 0. The smallest absolute Gasteiger partial charge is 0.179 e. The second-order valence-corrected chi connectivity index (χ2v) is 3.90. The third-order valence-corrected chi connectivity index (χ3v) is 2.87. The first kappa shape index (κ1) is 16.5. The summed E-state index contributed by atoms with van der Waals surface area (Å²) >= 11 is 0. The number of halogens is 2. The lowest BCUT2D eigenvalue weighted by Crippen LogP contribution is -3.17. The second-order valence-electron chi connectivity index (χ2n) is 3.90. The number of hydrogen-bond acceptors (Lipinski definition) is 1. The van der Waals surface area contributed by atoms with Crippen LogP contribution in [0.1, 0.15) is 6.92 Å². The number of nitrogens with one attached hydrogen (secondary N) is 1. The van der Waals surface area contributed by atoms with Crippen LogP contribution >= 0.6 is 0 Å². The molecule has 1 heterocycles. The lowest BCUT2D eigenvalue weighted by Gasteiger charge is -2.23. The van der Waals surface area contributed by atoms with Crippen molar-refractivity contribution in [1.82, 2.24) is 0 Å². The van der Waals surface area contributed by atoms with E-state index in [1.54, 1.807) is 4.90 Å². The van der Waals surface area contributed by atoms with E-state index in [-0.39, 0.29) is 24.8 Å². The summed E-state index contributed by atoms with van der Waals surface area (Å²) in [6.07, 6.45) is 0. The highest BCUT2D eigenvalue weighted by Crippen LogP contribution is 2.19. The maximum Gasteiger partial charge on any atom is 0.179 e. The number of rotatable bonds is 3. The zero-order chi connectivity index (χ0) is 10.5. The first-order valence-corrected chi connectivity index (χ1v) is 5.80. The maximum absolute atomic E-state index is 5.66. The zero-order valence-corrected chi connectivity index (χ0v) is 11.6. The van der Waals surface area contributed by atoms with E-state index in [9.17, 15) is 0 Å². The van der Waals surface area contributed by atoms with E-state index in [0.29, 0.717) is 0 Å². The lowest BCUT2D eigenvalue weighted by atomic mass is 10.2. The predicted molar refractivity (Wildman–Crippen MR) is 59.6 cm³/mol. The molecule has 0 atom stereocenters. The van der Waals surface area contributed by atoms with Gasteiger partial charge in [-0.05, 0) is 13.0 Å². The molecule has 0 unspecified atom stereocenters. The van der Waals surface area contributed by atoms with Crippen molar-refractivity contribution in [3.05, 3.63) is 24.3 Å². The third kappa shape index (κ3) is 4.36. The van der Waals surface area contributed by atoms with Gasteiger partial charge in [-0.2, -0.15) is 0 Å². The molecule has 0 bridgehead atoms. The lowest BCUT2D eigenvalue weighted by molar-refractivity contribution is -0.895. The molecule has 17 heavy (non-hydrogen) atoms. The molecule has 1 aromatic rings. The molecule has 1 fully saturated rings. The molecule has 1 aliphatic heterocycles. The Balaban J connectivity index is 0.00000128. The Morgan fingerprint density at radius 1 is 1.18 bits per heavy atom. The standard InChI is InChI=1S/C12H18N2O.2ClH/c1-2-15-12-6-4-3-5-11(12)14-9-7-13-8-10-14;;/h3-6,13H,2,7-10H2,1H3;2*1H. The fourth-order valence-electron chi connectivity index (χ4n) is 2.13. The highest BCUT2D eigenvalue weighted by Gasteiger charge is 2.21. The molecule has 0 saturated carbocycles. The van der Waals surface area contributed by atoms with Crippen LogP contribution in [0, 0.1) is 0 Å². The van der Waals surface area contributed by atoms with E-state index < -0.39 is 0 Å². The molecule has 1 aromatic carbocycles. The summed E-state index contributed by atoms with van der Waals surface area (Å²) in [6, 6.07) is 8.41. The van der Waals surface area contributed by atoms with Gasteiger partial charge in [-0.15, -0.1) is 0 Å². The molecule has 0 aromatic heterocycles. The quantitative estimate of drug-likeness (QED) is 0.566. The monoisotopic (exact) mass is 278 g/mol. The summed E-state index contributed by atoms with van der Waals surface area (Å²) in [5.74, 6) is 1.05. The van der Waals surface area contributed by atoms with Gasteiger partial charge in [0.2, 0.25) is 0 Å². The zero-order valence-electron chi connectivity index (χ0n) is 10.1. The molecule has 3 N–H and O–H groups in total. The van der Waals surface area contributed by atoms with E-state index in [2.05, 4.69) is 23.5 Å². The van der Waals surface area contributed by atoms with Crippen LogP contribution in [-0.4, -0.2) is 32.8 Å². The highest BCUT2D eigenvalue weighted by atomic mass is 35.5. The van der Waals surface area contributed by atoms with Gasteiger partial charge in [0.25, 0.3) is 0 Å². The molecule has 5 heteroatoms. The molecular weight excluding hydrogens is 259 g/mol. The van der Waals surface area contributed by atoms with Crippen molar-refractivity contribution in [2.45, 2.75) is 6.92 Å². The van der Waals surface area contributed by atoms with Gasteiger partial charge < -0.3 is 34.9 Å². The molecule has 2 rings (SSSR count). The average Bonchev–Trinajstić information content (AvgIpc) is 2.31. The summed E-state index contributed by atoms with van der Waals surface area (Å²) in [5, 5.41) is 2.38. The minimum absolute atomic E-state index is 0. The van der Waals surface area contributed by atoms with Crippen LogP contribution in [-0.2, 0) is 0 Å². The Hall–Kier alpha value is -0.480. The van der Waals surface area contributed by atoms with E-state index >= 15 is 0 Å². The number of hydrogen-bond donors (Lipinski definition) is 2. The Labute approximate surface area is 115 Å². The minimum atomic E-state index is 0. The van der Waals surface area contributed by atoms with Crippen molar-refractivity contribution in [2.75, 3.05) is 32.8 Å². The molecule has 0 amide bonds. The maximum atomic E-state index is 5.66. The Kier molecular flexibility index (Phi) is 8.35. The van der Waals surface area contributed by atoms with Crippen molar-refractivity contribution in [2.24, 2.45) is 0 Å². The molecule has 3 nitrogen and oxygen atoms in total. The first-order chi connectivity index (χ1) is 7.42. The molecule has 1 saturated heterocycles. The van der Waals surface area contributed by atoms with Crippen molar-refractivity contribution in [3.8, 4) is 5.75 Å². The normalized spacial score (nSPS) is 15.6. The molecular formula is C12H20Cl2N2O. The first-order valence-electron chi connectivity index (χ1n) is 5.80.